The second-order valence-corrected chi connectivity index (χ2v) is 6.95. The monoisotopic (exact) mass is 443 g/mol. The van der Waals surface area contributed by atoms with Gasteiger partial charge in [-0.2, -0.15) is 5.10 Å². The molecular weight excluding hydrogens is 420 g/mol. The lowest BCUT2D eigenvalue weighted by Crippen LogP contribution is -2.45. The number of nitrogens with zero attached hydrogens (tertiary/aromatic N) is 3. The summed E-state index contributed by atoms with van der Waals surface area (Å²) < 4.78 is 33.3. The van der Waals surface area contributed by atoms with Gasteiger partial charge in [0.1, 0.15) is 5.82 Å². The smallest absolute Gasteiger partial charge is 0.319 e. The molecule has 1 amide bonds. The zero-order valence-corrected chi connectivity index (χ0v) is 17.6. The molecule has 2 N–H and O–H groups in total. The van der Waals surface area contributed by atoms with Crippen LogP contribution in [0.15, 0.2) is 48.8 Å². The molecule has 0 spiro atoms. The zero-order valence-electron chi connectivity index (χ0n) is 17.6. The molecule has 2 aromatic heterocycles. The van der Waals surface area contributed by atoms with Gasteiger partial charge < -0.3 is 10.1 Å². The van der Waals surface area contributed by atoms with Gasteiger partial charge in [0.25, 0.3) is 0 Å². The Hall–Kier alpha value is -3.66. The van der Waals surface area contributed by atoms with Crippen LogP contribution in [0.5, 0.6) is 0 Å². The van der Waals surface area contributed by atoms with E-state index in [9.17, 15) is 18.4 Å². The highest BCUT2D eigenvalue weighted by atomic mass is 19.2. The second kappa shape index (κ2) is 10.6. The van der Waals surface area contributed by atoms with Gasteiger partial charge in [0, 0.05) is 31.1 Å². The SMILES string of the molecule is CCOC(=O)CNC(Cc1ccc(F)c(F)c1)C(=O)Nc1cc(-c2ccncc2)nn1C. The molecule has 0 radical (unpaired) electrons. The number of nitrogens with one attached hydrogen (secondary N) is 2. The van der Waals surface area contributed by atoms with E-state index in [1.54, 1.807) is 44.6 Å². The first-order chi connectivity index (χ1) is 15.4. The number of rotatable bonds is 9. The minimum absolute atomic E-state index is 0.0253. The van der Waals surface area contributed by atoms with Crippen LogP contribution in [0.1, 0.15) is 12.5 Å². The summed E-state index contributed by atoms with van der Waals surface area (Å²) in [6.07, 6.45) is 3.30. The molecule has 1 unspecified atom stereocenters. The topological polar surface area (TPSA) is 98.1 Å². The van der Waals surface area contributed by atoms with E-state index in [1.165, 1.54) is 10.7 Å². The summed E-state index contributed by atoms with van der Waals surface area (Å²) >= 11 is 0. The maximum atomic E-state index is 13.6. The Kier molecular flexibility index (Phi) is 7.61. The Morgan fingerprint density at radius 2 is 1.88 bits per heavy atom. The first-order valence-electron chi connectivity index (χ1n) is 9.95. The van der Waals surface area contributed by atoms with Gasteiger partial charge in [0.15, 0.2) is 11.6 Å². The van der Waals surface area contributed by atoms with Crippen molar-refractivity contribution >= 4 is 17.7 Å². The number of amides is 1. The van der Waals surface area contributed by atoms with Gasteiger partial charge in [0.05, 0.1) is 24.9 Å². The van der Waals surface area contributed by atoms with Crippen molar-refractivity contribution in [3.05, 3.63) is 66.0 Å². The summed E-state index contributed by atoms with van der Waals surface area (Å²) in [7, 11) is 1.68. The summed E-state index contributed by atoms with van der Waals surface area (Å²) in [5, 5.41) is 9.98. The van der Waals surface area contributed by atoms with Crippen molar-refractivity contribution in [2.75, 3.05) is 18.5 Å². The Bertz CT molecular complexity index is 1090. The third-order valence-electron chi connectivity index (χ3n) is 4.65. The fourth-order valence-electron chi connectivity index (χ4n) is 3.04. The van der Waals surface area contributed by atoms with Crippen LogP contribution in [0.2, 0.25) is 0 Å². The van der Waals surface area contributed by atoms with Gasteiger partial charge in [-0.05, 0) is 43.2 Å². The maximum absolute atomic E-state index is 13.6. The third-order valence-corrected chi connectivity index (χ3v) is 4.65. The average Bonchev–Trinajstić information content (AvgIpc) is 3.14. The standard InChI is InChI=1S/C22H23F2N5O3/c1-3-32-21(30)13-26-19(11-14-4-5-16(23)17(24)10-14)22(31)27-20-12-18(28-29(20)2)15-6-8-25-9-7-15/h4-10,12,19,26H,3,11,13H2,1-2H3,(H,27,31). The highest BCUT2D eigenvalue weighted by Crippen LogP contribution is 2.21. The molecule has 3 rings (SSSR count). The summed E-state index contributed by atoms with van der Waals surface area (Å²) in [5.41, 5.74) is 1.86. The molecule has 8 nitrogen and oxygen atoms in total. The summed E-state index contributed by atoms with van der Waals surface area (Å²) in [5.74, 6) is -2.57. The van der Waals surface area contributed by atoms with Crippen molar-refractivity contribution in [1.82, 2.24) is 20.1 Å². The number of carbonyl (C=O) groups is 2. The minimum atomic E-state index is -1.01. The molecule has 168 valence electrons. The molecule has 0 fully saturated rings. The Morgan fingerprint density at radius 3 is 2.56 bits per heavy atom. The molecule has 0 saturated carbocycles. The van der Waals surface area contributed by atoms with Crippen molar-refractivity contribution in [2.45, 2.75) is 19.4 Å². The van der Waals surface area contributed by atoms with E-state index in [0.29, 0.717) is 17.1 Å². The second-order valence-electron chi connectivity index (χ2n) is 6.95. The van der Waals surface area contributed by atoms with Crippen molar-refractivity contribution < 1.29 is 23.1 Å². The van der Waals surface area contributed by atoms with E-state index in [-0.39, 0.29) is 19.6 Å². The highest BCUT2D eigenvalue weighted by molar-refractivity contribution is 5.95. The molecule has 1 aromatic carbocycles. The van der Waals surface area contributed by atoms with Crippen LogP contribution in [-0.4, -0.2) is 45.8 Å². The van der Waals surface area contributed by atoms with Crippen molar-refractivity contribution in [2.24, 2.45) is 7.05 Å². The summed E-state index contributed by atoms with van der Waals surface area (Å²) in [4.78, 5) is 28.7. The van der Waals surface area contributed by atoms with Gasteiger partial charge >= 0.3 is 5.97 Å². The van der Waals surface area contributed by atoms with Crippen LogP contribution in [0, 0.1) is 11.6 Å². The molecule has 0 aliphatic heterocycles. The highest BCUT2D eigenvalue weighted by Gasteiger charge is 2.22. The minimum Gasteiger partial charge on any atom is -0.465 e. The number of anilines is 1. The number of hydrogen-bond donors (Lipinski definition) is 2. The van der Waals surface area contributed by atoms with Gasteiger partial charge in [-0.25, -0.2) is 8.78 Å². The lowest BCUT2D eigenvalue weighted by Gasteiger charge is -2.18. The Balaban J connectivity index is 1.77. The molecule has 3 aromatic rings. The molecule has 1 atom stereocenters. The van der Waals surface area contributed by atoms with Gasteiger partial charge in [-0.3, -0.25) is 24.6 Å². The molecule has 0 saturated heterocycles. The normalized spacial score (nSPS) is 11.8. The first-order valence-corrected chi connectivity index (χ1v) is 9.95. The van der Waals surface area contributed by atoms with E-state index in [0.717, 1.165) is 17.7 Å². The lowest BCUT2D eigenvalue weighted by atomic mass is 10.0. The van der Waals surface area contributed by atoms with Gasteiger partial charge in [-0.15, -0.1) is 0 Å². The Labute approximate surface area is 183 Å². The number of carbonyl (C=O) groups excluding carboxylic acids is 2. The van der Waals surface area contributed by atoms with Crippen LogP contribution in [0.3, 0.4) is 0 Å². The maximum Gasteiger partial charge on any atom is 0.319 e. The lowest BCUT2D eigenvalue weighted by molar-refractivity contribution is -0.142. The molecular formula is C22H23F2N5O3. The number of ether oxygens (including phenoxy) is 1. The van der Waals surface area contributed by atoms with E-state index in [4.69, 9.17) is 4.74 Å². The predicted octanol–water partition coefficient (Wildman–Crippen LogP) is 2.46. The fraction of sp³-hybridized carbons (Fsp3) is 0.273. The van der Waals surface area contributed by atoms with Crippen LogP contribution in [0.4, 0.5) is 14.6 Å². The van der Waals surface area contributed by atoms with E-state index < -0.39 is 29.6 Å². The van der Waals surface area contributed by atoms with E-state index in [1.807, 2.05) is 0 Å². The predicted molar refractivity (Wildman–Crippen MR) is 114 cm³/mol. The number of halogens is 2. The van der Waals surface area contributed by atoms with Gasteiger partial charge in [-0.1, -0.05) is 6.07 Å². The Morgan fingerprint density at radius 1 is 1.12 bits per heavy atom. The molecule has 0 aliphatic carbocycles. The van der Waals surface area contributed by atoms with Crippen LogP contribution in [-0.2, 0) is 27.8 Å². The number of hydrogen-bond acceptors (Lipinski definition) is 6. The zero-order chi connectivity index (χ0) is 23.1. The van der Waals surface area contributed by atoms with Crippen LogP contribution < -0.4 is 10.6 Å². The molecule has 10 heteroatoms. The van der Waals surface area contributed by atoms with Crippen molar-refractivity contribution in [1.29, 1.82) is 0 Å². The van der Waals surface area contributed by atoms with Crippen LogP contribution in [0.25, 0.3) is 11.3 Å². The number of aryl methyl sites for hydroxylation is 1. The van der Waals surface area contributed by atoms with E-state index in [2.05, 4.69) is 20.7 Å². The first kappa shape index (κ1) is 23.0. The largest absolute Gasteiger partial charge is 0.465 e. The number of esters is 1. The number of aromatic nitrogens is 3. The van der Waals surface area contributed by atoms with Gasteiger partial charge in [0.2, 0.25) is 5.91 Å². The summed E-state index contributed by atoms with van der Waals surface area (Å²) in [6.45, 7) is 1.66. The van der Waals surface area contributed by atoms with Crippen molar-refractivity contribution in [3.8, 4) is 11.3 Å². The van der Waals surface area contributed by atoms with E-state index >= 15 is 0 Å². The number of benzene rings is 1. The quantitative estimate of drug-likeness (QED) is 0.493. The molecule has 0 aliphatic rings. The number of pyridine rings is 1. The van der Waals surface area contributed by atoms with Crippen LogP contribution >= 0.6 is 0 Å². The third kappa shape index (κ3) is 5.94. The van der Waals surface area contributed by atoms with Crippen molar-refractivity contribution in [3.63, 3.8) is 0 Å². The molecule has 2 heterocycles. The summed E-state index contributed by atoms with van der Waals surface area (Å²) in [6, 6.07) is 7.77. The molecule has 0 bridgehead atoms. The molecule has 32 heavy (non-hydrogen) atoms. The fourth-order valence-corrected chi connectivity index (χ4v) is 3.04. The average molecular weight is 443 g/mol.